The van der Waals surface area contributed by atoms with E-state index in [9.17, 15) is 9.59 Å². The molecule has 5 nitrogen and oxygen atoms in total. The molecule has 2 saturated heterocycles. The molecule has 2 aliphatic rings. The number of benzene rings is 2. The summed E-state index contributed by atoms with van der Waals surface area (Å²) >= 11 is 0. The third-order valence-electron chi connectivity index (χ3n) is 5.94. The lowest BCUT2D eigenvalue weighted by Crippen LogP contribution is -2.41. The zero-order valence-corrected chi connectivity index (χ0v) is 16.3. The van der Waals surface area contributed by atoms with Crippen molar-refractivity contribution in [2.24, 2.45) is 0 Å². The van der Waals surface area contributed by atoms with Crippen molar-refractivity contribution in [1.29, 1.82) is 0 Å². The summed E-state index contributed by atoms with van der Waals surface area (Å²) in [5.41, 5.74) is 2.86. The predicted molar refractivity (Wildman–Crippen MR) is 111 cm³/mol. The Labute approximate surface area is 166 Å². The maximum absolute atomic E-state index is 12.9. The molecule has 2 heterocycles. The van der Waals surface area contributed by atoms with Crippen molar-refractivity contribution < 1.29 is 9.59 Å². The zero-order chi connectivity index (χ0) is 19.5. The molecule has 2 aliphatic heterocycles. The Morgan fingerprint density at radius 1 is 1.07 bits per heavy atom. The molecular formula is C23H27N3O2. The highest BCUT2D eigenvalue weighted by Crippen LogP contribution is 2.31. The summed E-state index contributed by atoms with van der Waals surface area (Å²) in [5.74, 6) is 0.582. The van der Waals surface area contributed by atoms with Crippen molar-refractivity contribution in [3.05, 3.63) is 60.2 Å². The first-order valence-corrected chi connectivity index (χ1v) is 10.1. The van der Waals surface area contributed by atoms with E-state index in [-0.39, 0.29) is 17.9 Å². The molecule has 2 amide bonds. The smallest absolute Gasteiger partial charge is 0.241 e. The van der Waals surface area contributed by atoms with Crippen molar-refractivity contribution in [2.45, 2.75) is 38.1 Å². The van der Waals surface area contributed by atoms with Gasteiger partial charge in [-0.15, -0.1) is 0 Å². The summed E-state index contributed by atoms with van der Waals surface area (Å²) in [6.07, 6.45) is 2.51. The molecule has 0 aromatic heterocycles. The van der Waals surface area contributed by atoms with Gasteiger partial charge in [0.2, 0.25) is 11.8 Å². The normalized spacial score (nSPS) is 21.1. The highest BCUT2D eigenvalue weighted by Gasteiger charge is 2.31. The Hall–Kier alpha value is -2.66. The van der Waals surface area contributed by atoms with Gasteiger partial charge in [0.15, 0.2) is 0 Å². The second-order valence-electron chi connectivity index (χ2n) is 7.72. The predicted octanol–water partition coefficient (Wildman–Crippen LogP) is 3.63. The molecule has 4 rings (SSSR count). The van der Waals surface area contributed by atoms with Crippen LogP contribution in [0.1, 0.15) is 37.7 Å². The van der Waals surface area contributed by atoms with Crippen LogP contribution in [0.4, 0.5) is 11.4 Å². The molecule has 0 bridgehead atoms. The average Bonchev–Trinajstić information content (AvgIpc) is 3.38. The van der Waals surface area contributed by atoms with Crippen LogP contribution >= 0.6 is 0 Å². The lowest BCUT2D eigenvalue weighted by molar-refractivity contribution is -0.120. The van der Waals surface area contributed by atoms with Gasteiger partial charge in [-0.2, -0.15) is 0 Å². The molecule has 0 aliphatic carbocycles. The highest BCUT2D eigenvalue weighted by atomic mass is 16.2. The summed E-state index contributed by atoms with van der Waals surface area (Å²) in [7, 11) is 0. The van der Waals surface area contributed by atoms with Gasteiger partial charge >= 0.3 is 0 Å². The Bertz CT molecular complexity index is 852. The van der Waals surface area contributed by atoms with Crippen molar-refractivity contribution in [3.63, 3.8) is 0 Å². The molecule has 2 aromatic carbocycles. The molecule has 28 heavy (non-hydrogen) atoms. The van der Waals surface area contributed by atoms with Gasteiger partial charge in [0.25, 0.3) is 0 Å². The van der Waals surface area contributed by atoms with Gasteiger partial charge in [-0.25, -0.2) is 0 Å². The fourth-order valence-electron chi connectivity index (χ4n) is 4.26. The lowest BCUT2D eigenvalue weighted by Gasteiger charge is -2.25. The second kappa shape index (κ2) is 8.15. The monoisotopic (exact) mass is 377 g/mol. The third kappa shape index (κ3) is 3.80. The van der Waals surface area contributed by atoms with Crippen LogP contribution in [0.3, 0.4) is 0 Å². The number of amides is 2. The van der Waals surface area contributed by atoms with Crippen LogP contribution in [-0.2, 0) is 9.59 Å². The van der Waals surface area contributed by atoms with Crippen molar-refractivity contribution >= 4 is 23.2 Å². The molecular weight excluding hydrogens is 350 g/mol. The third-order valence-corrected chi connectivity index (χ3v) is 5.94. The maximum atomic E-state index is 12.9. The summed E-state index contributed by atoms with van der Waals surface area (Å²) in [6, 6.07) is 17.9. The number of carbonyl (C=O) groups is 2. The van der Waals surface area contributed by atoms with E-state index in [0.717, 1.165) is 31.6 Å². The van der Waals surface area contributed by atoms with Gasteiger partial charge < -0.3 is 10.2 Å². The van der Waals surface area contributed by atoms with Gasteiger partial charge in [-0.3, -0.25) is 14.5 Å². The van der Waals surface area contributed by atoms with Crippen molar-refractivity contribution in [1.82, 2.24) is 4.90 Å². The van der Waals surface area contributed by atoms with E-state index in [1.807, 2.05) is 37.3 Å². The first-order chi connectivity index (χ1) is 13.6. The van der Waals surface area contributed by atoms with E-state index < -0.39 is 0 Å². The molecule has 2 fully saturated rings. The SMILES string of the molecule is C[C@@H](C(=O)Nc1ccccc1N1CCCC1=O)N1CC[C@H](c2ccccc2)C1. The first-order valence-electron chi connectivity index (χ1n) is 10.1. The van der Waals surface area contributed by atoms with Crippen LogP contribution in [-0.4, -0.2) is 42.4 Å². The summed E-state index contributed by atoms with van der Waals surface area (Å²) < 4.78 is 0. The van der Waals surface area contributed by atoms with E-state index in [1.165, 1.54) is 5.56 Å². The minimum atomic E-state index is -0.212. The Morgan fingerprint density at radius 3 is 2.57 bits per heavy atom. The fourth-order valence-corrected chi connectivity index (χ4v) is 4.26. The number of carbonyl (C=O) groups excluding carboxylic acids is 2. The Balaban J connectivity index is 1.42. The number of anilines is 2. The average molecular weight is 377 g/mol. The van der Waals surface area contributed by atoms with E-state index in [4.69, 9.17) is 0 Å². The molecule has 0 saturated carbocycles. The minimum absolute atomic E-state index is 0.0205. The number of nitrogens with zero attached hydrogens (tertiary/aromatic N) is 2. The van der Waals surface area contributed by atoms with E-state index >= 15 is 0 Å². The minimum Gasteiger partial charge on any atom is -0.323 e. The Morgan fingerprint density at radius 2 is 1.82 bits per heavy atom. The number of hydrogen-bond donors (Lipinski definition) is 1. The lowest BCUT2D eigenvalue weighted by atomic mass is 9.99. The van der Waals surface area contributed by atoms with Crippen LogP contribution < -0.4 is 10.2 Å². The van der Waals surface area contributed by atoms with E-state index in [1.54, 1.807) is 4.90 Å². The maximum Gasteiger partial charge on any atom is 0.241 e. The van der Waals surface area contributed by atoms with Crippen LogP contribution in [0.5, 0.6) is 0 Å². The fraction of sp³-hybridized carbons (Fsp3) is 0.391. The largest absolute Gasteiger partial charge is 0.323 e. The molecule has 146 valence electrons. The van der Waals surface area contributed by atoms with Gasteiger partial charge in [-0.1, -0.05) is 42.5 Å². The number of likely N-dealkylation sites (tertiary alicyclic amines) is 1. The van der Waals surface area contributed by atoms with Crippen LogP contribution in [0.25, 0.3) is 0 Å². The van der Waals surface area contributed by atoms with Crippen LogP contribution in [0.15, 0.2) is 54.6 Å². The molecule has 2 aromatic rings. The summed E-state index contributed by atoms with van der Waals surface area (Å²) in [5, 5.41) is 3.06. The molecule has 0 unspecified atom stereocenters. The molecule has 2 atom stereocenters. The van der Waals surface area contributed by atoms with Gasteiger partial charge in [-0.05, 0) is 49.9 Å². The molecule has 1 N–H and O–H groups in total. The number of hydrogen-bond acceptors (Lipinski definition) is 3. The topological polar surface area (TPSA) is 52.7 Å². The van der Waals surface area contributed by atoms with Crippen molar-refractivity contribution in [3.8, 4) is 0 Å². The first kappa shape index (κ1) is 18.7. The molecule has 0 spiro atoms. The van der Waals surface area contributed by atoms with E-state index in [2.05, 4.69) is 34.5 Å². The molecule has 5 heteroatoms. The summed E-state index contributed by atoms with van der Waals surface area (Å²) in [4.78, 5) is 29.1. The van der Waals surface area contributed by atoms with Gasteiger partial charge in [0, 0.05) is 19.5 Å². The van der Waals surface area contributed by atoms with E-state index in [0.29, 0.717) is 24.6 Å². The second-order valence-corrected chi connectivity index (χ2v) is 7.72. The standard InChI is InChI=1S/C23H27N3O2/c1-17(25-15-13-19(16-25)18-8-3-2-4-9-18)23(28)24-20-10-5-6-11-21(20)26-14-7-12-22(26)27/h2-6,8-11,17,19H,7,12-16H2,1H3,(H,24,28)/t17-,19-/m0/s1. The number of rotatable bonds is 5. The van der Waals surface area contributed by atoms with Crippen molar-refractivity contribution in [2.75, 3.05) is 29.9 Å². The highest BCUT2D eigenvalue weighted by molar-refractivity contribution is 6.03. The number of nitrogens with one attached hydrogen (secondary N) is 1. The molecule has 0 radical (unpaired) electrons. The van der Waals surface area contributed by atoms with Gasteiger partial charge in [0.05, 0.1) is 17.4 Å². The van der Waals surface area contributed by atoms with Gasteiger partial charge in [0.1, 0.15) is 0 Å². The van der Waals surface area contributed by atoms with Crippen LogP contribution in [0.2, 0.25) is 0 Å². The zero-order valence-electron chi connectivity index (χ0n) is 16.3. The number of para-hydroxylation sites is 2. The Kier molecular flexibility index (Phi) is 5.44. The quantitative estimate of drug-likeness (QED) is 0.866. The van der Waals surface area contributed by atoms with Crippen LogP contribution in [0, 0.1) is 0 Å². The summed E-state index contributed by atoms with van der Waals surface area (Å²) in [6.45, 7) is 4.49.